The van der Waals surface area contributed by atoms with Crippen LogP contribution in [0.15, 0.2) is 48.5 Å². The van der Waals surface area contributed by atoms with E-state index in [2.05, 4.69) is 10.6 Å². The number of rotatable bonds is 5. The van der Waals surface area contributed by atoms with E-state index in [-0.39, 0.29) is 11.5 Å². The monoisotopic (exact) mass is 438 g/mol. The smallest absolute Gasteiger partial charge is 0.259 e. The first-order valence-corrected chi connectivity index (χ1v) is 11.0. The second kappa shape index (κ2) is 9.31. The zero-order valence-corrected chi connectivity index (χ0v) is 18.0. The fraction of sp³-hybridized carbons (Fsp3) is 0.250. The van der Waals surface area contributed by atoms with Crippen LogP contribution in [-0.4, -0.2) is 18.9 Å². The average Bonchev–Trinajstić information content (AvgIpc) is 2.95. The maximum absolute atomic E-state index is 14.1. The Bertz CT molecular complexity index is 1110. The number of benzene rings is 2. The zero-order chi connectivity index (χ0) is 21.8. The van der Waals surface area contributed by atoms with Crippen molar-refractivity contribution in [3.05, 3.63) is 75.9 Å². The van der Waals surface area contributed by atoms with Crippen LogP contribution >= 0.6 is 11.3 Å². The van der Waals surface area contributed by atoms with Gasteiger partial charge in [-0.15, -0.1) is 11.3 Å². The van der Waals surface area contributed by atoms with Gasteiger partial charge >= 0.3 is 0 Å². The van der Waals surface area contributed by atoms with Gasteiger partial charge in [0.2, 0.25) is 0 Å². The fourth-order valence-corrected chi connectivity index (χ4v) is 5.04. The van der Waals surface area contributed by atoms with E-state index in [0.717, 1.165) is 42.5 Å². The van der Waals surface area contributed by atoms with Crippen molar-refractivity contribution in [3.8, 4) is 5.75 Å². The summed E-state index contributed by atoms with van der Waals surface area (Å²) in [5, 5.41) is 6.17. The Kier molecular flexibility index (Phi) is 6.32. The van der Waals surface area contributed by atoms with Gasteiger partial charge in [-0.25, -0.2) is 4.39 Å². The summed E-state index contributed by atoms with van der Waals surface area (Å²) in [6.45, 7) is 0. The summed E-state index contributed by atoms with van der Waals surface area (Å²) in [6, 6.07) is 12.9. The van der Waals surface area contributed by atoms with Gasteiger partial charge in [-0.2, -0.15) is 0 Å². The van der Waals surface area contributed by atoms with E-state index in [1.165, 1.54) is 29.5 Å². The molecule has 4 rings (SSSR count). The SMILES string of the molecule is COc1ccc(NC(=O)c2c(NC(=O)c3ccccc3F)sc3c2CCCCC3)cc1. The molecule has 0 saturated heterocycles. The second-order valence-electron chi connectivity index (χ2n) is 7.39. The summed E-state index contributed by atoms with van der Waals surface area (Å²) in [5.41, 5.74) is 2.04. The number of ether oxygens (including phenoxy) is 1. The summed E-state index contributed by atoms with van der Waals surface area (Å²) in [7, 11) is 1.58. The minimum atomic E-state index is -0.595. The number of fused-ring (bicyclic) bond motifs is 1. The Hall–Kier alpha value is -3.19. The van der Waals surface area contributed by atoms with E-state index >= 15 is 0 Å². The molecule has 1 aliphatic carbocycles. The van der Waals surface area contributed by atoms with Gasteiger partial charge < -0.3 is 15.4 Å². The molecular formula is C24H23FN2O3S. The molecule has 160 valence electrons. The lowest BCUT2D eigenvalue weighted by Crippen LogP contribution is -2.18. The lowest BCUT2D eigenvalue weighted by molar-refractivity contribution is 0.102. The third-order valence-corrected chi connectivity index (χ3v) is 6.55. The average molecular weight is 439 g/mol. The highest BCUT2D eigenvalue weighted by molar-refractivity contribution is 7.17. The highest BCUT2D eigenvalue weighted by atomic mass is 32.1. The molecule has 0 saturated carbocycles. The van der Waals surface area contributed by atoms with Crippen LogP contribution in [0.2, 0.25) is 0 Å². The van der Waals surface area contributed by atoms with Gasteiger partial charge in [0.1, 0.15) is 16.6 Å². The van der Waals surface area contributed by atoms with Gasteiger partial charge in [-0.05, 0) is 67.6 Å². The number of hydrogen-bond donors (Lipinski definition) is 2. The van der Waals surface area contributed by atoms with Gasteiger partial charge in [0.05, 0.1) is 18.2 Å². The van der Waals surface area contributed by atoms with Crippen LogP contribution in [0.25, 0.3) is 0 Å². The van der Waals surface area contributed by atoms with E-state index in [1.807, 2.05) is 0 Å². The van der Waals surface area contributed by atoms with Crippen molar-refractivity contribution in [2.24, 2.45) is 0 Å². The molecule has 0 atom stereocenters. The first-order valence-electron chi connectivity index (χ1n) is 10.2. The quantitative estimate of drug-likeness (QED) is 0.505. The minimum Gasteiger partial charge on any atom is -0.497 e. The number of methoxy groups -OCH3 is 1. The Morgan fingerprint density at radius 1 is 0.935 bits per heavy atom. The number of carbonyl (C=O) groups excluding carboxylic acids is 2. The Labute approximate surface area is 184 Å². The number of aryl methyl sites for hydroxylation is 1. The van der Waals surface area contributed by atoms with Gasteiger partial charge in [0.15, 0.2) is 0 Å². The number of thiophene rings is 1. The Morgan fingerprint density at radius 3 is 2.42 bits per heavy atom. The van der Waals surface area contributed by atoms with Crippen molar-refractivity contribution in [1.82, 2.24) is 0 Å². The van der Waals surface area contributed by atoms with Crippen LogP contribution in [0.3, 0.4) is 0 Å². The number of nitrogens with one attached hydrogen (secondary N) is 2. The van der Waals surface area contributed by atoms with E-state index in [4.69, 9.17) is 4.74 Å². The molecule has 3 aromatic rings. The molecule has 1 aromatic heterocycles. The van der Waals surface area contributed by atoms with Crippen LogP contribution in [-0.2, 0) is 12.8 Å². The molecule has 0 aliphatic heterocycles. The molecule has 1 aliphatic rings. The van der Waals surface area contributed by atoms with E-state index < -0.39 is 11.7 Å². The van der Waals surface area contributed by atoms with Crippen LogP contribution in [0.5, 0.6) is 5.75 Å². The third kappa shape index (κ3) is 4.61. The zero-order valence-electron chi connectivity index (χ0n) is 17.2. The highest BCUT2D eigenvalue weighted by Crippen LogP contribution is 2.38. The topological polar surface area (TPSA) is 67.4 Å². The lowest BCUT2D eigenvalue weighted by atomic mass is 10.0. The summed E-state index contributed by atoms with van der Waals surface area (Å²) in [4.78, 5) is 27.1. The van der Waals surface area contributed by atoms with Gasteiger partial charge in [0.25, 0.3) is 11.8 Å². The van der Waals surface area contributed by atoms with Gasteiger partial charge in [-0.1, -0.05) is 18.6 Å². The van der Waals surface area contributed by atoms with Crippen molar-refractivity contribution in [3.63, 3.8) is 0 Å². The maximum atomic E-state index is 14.1. The van der Waals surface area contributed by atoms with Crippen molar-refractivity contribution in [1.29, 1.82) is 0 Å². The van der Waals surface area contributed by atoms with Crippen molar-refractivity contribution in [2.75, 3.05) is 17.7 Å². The molecule has 1 heterocycles. The normalized spacial score (nSPS) is 13.1. The number of halogens is 1. The predicted octanol–water partition coefficient (Wildman–Crippen LogP) is 5.67. The largest absolute Gasteiger partial charge is 0.497 e. The van der Waals surface area contributed by atoms with Crippen molar-refractivity contribution in [2.45, 2.75) is 32.1 Å². The molecular weight excluding hydrogens is 415 g/mol. The molecule has 0 unspecified atom stereocenters. The molecule has 0 bridgehead atoms. The van der Waals surface area contributed by atoms with Crippen molar-refractivity contribution >= 4 is 33.8 Å². The molecule has 5 nitrogen and oxygen atoms in total. The molecule has 31 heavy (non-hydrogen) atoms. The Morgan fingerprint density at radius 2 is 1.68 bits per heavy atom. The second-order valence-corrected chi connectivity index (χ2v) is 8.49. The predicted molar refractivity (Wildman–Crippen MR) is 121 cm³/mol. The number of amides is 2. The molecule has 2 amide bonds. The summed E-state index contributed by atoms with van der Waals surface area (Å²) in [6.07, 6.45) is 4.81. The van der Waals surface area contributed by atoms with Crippen molar-refractivity contribution < 1.29 is 18.7 Å². The molecule has 7 heteroatoms. The third-order valence-electron chi connectivity index (χ3n) is 5.34. The summed E-state index contributed by atoms with van der Waals surface area (Å²) in [5.74, 6) is -0.746. The Balaban J connectivity index is 1.66. The summed E-state index contributed by atoms with van der Waals surface area (Å²) >= 11 is 1.41. The first-order chi connectivity index (χ1) is 15.1. The van der Waals surface area contributed by atoms with E-state index in [9.17, 15) is 14.0 Å². The van der Waals surface area contributed by atoms with Gasteiger partial charge in [-0.3, -0.25) is 9.59 Å². The first kappa shape index (κ1) is 21.1. The van der Waals surface area contributed by atoms with Crippen LogP contribution < -0.4 is 15.4 Å². The van der Waals surface area contributed by atoms with Crippen LogP contribution in [0.1, 0.15) is 50.4 Å². The number of carbonyl (C=O) groups is 2. The molecule has 2 aromatic carbocycles. The van der Waals surface area contributed by atoms with E-state index in [0.29, 0.717) is 22.0 Å². The lowest BCUT2D eigenvalue weighted by Gasteiger charge is -2.11. The van der Waals surface area contributed by atoms with E-state index in [1.54, 1.807) is 37.4 Å². The van der Waals surface area contributed by atoms with Crippen LogP contribution in [0, 0.1) is 5.82 Å². The minimum absolute atomic E-state index is 0.0485. The standard InChI is InChI=1S/C24H23FN2O3S/c1-30-16-13-11-15(12-14-16)26-23(29)21-18-8-3-2-4-10-20(18)31-24(21)27-22(28)17-7-5-6-9-19(17)25/h5-7,9,11-14H,2-4,8,10H2,1H3,(H,26,29)(H,27,28). The molecule has 0 radical (unpaired) electrons. The number of hydrogen-bond acceptors (Lipinski definition) is 4. The maximum Gasteiger partial charge on any atom is 0.259 e. The number of anilines is 2. The summed E-state index contributed by atoms with van der Waals surface area (Å²) < 4.78 is 19.2. The molecule has 2 N–H and O–H groups in total. The fourth-order valence-electron chi connectivity index (χ4n) is 3.75. The van der Waals surface area contributed by atoms with Crippen LogP contribution in [0.4, 0.5) is 15.1 Å². The molecule has 0 fully saturated rings. The van der Waals surface area contributed by atoms with Gasteiger partial charge in [0, 0.05) is 10.6 Å². The highest BCUT2D eigenvalue weighted by Gasteiger charge is 2.26. The molecule has 0 spiro atoms.